The molecule has 2 aromatic rings. The lowest BCUT2D eigenvalue weighted by Crippen LogP contribution is -2.45. The molecule has 2 aliphatic heterocycles. The van der Waals surface area contributed by atoms with E-state index in [9.17, 15) is 14.7 Å². The number of β-amino-alcohol motifs (C(OH)–C–C–N with tert-alkyl or cyclic N) is 1. The molecule has 0 radical (unpaired) electrons. The molecule has 1 aromatic heterocycles. The normalized spacial score (nSPS) is 31.4. The first-order valence-electron chi connectivity index (χ1n) is 9.58. The third-order valence-electron chi connectivity index (χ3n) is 6.57. The quantitative estimate of drug-likeness (QED) is 0.835. The van der Waals surface area contributed by atoms with Crippen molar-refractivity contribution in [3.63, 3.8) is 0 Å². The highest BCUT2D eigenvalue weighted by molar-refractivity contribution is 6.05. The number of para-hydroxylation sites is 1. The number of amides is 2. The maximum atomic E-state index is 13.0. The van der Waals surface area contributed by atoms with Gasteiger partial charge in [0.25, 0.3) is 5.91 Å². The molecule has 2 N–H and O–H groups in total. The molecule has 3 fully saturated rings. The fraction of sp³-hybridized carbons (Fsp3) is 0.550. The SMILES string of the molecule is CC1(C)CC(O)CN1C(=O)C1C2CN(C(=O)c3cccc4[nH]cnc34)CC21. The number of carbonyl (C=O) groups is 2. The minimum absolute atomic E-state index is 0.000184. The molecule has 3 unspecified atom stereocenters. The third-order valence-corrected chi connectivity index (χ3v) is 6.57. The summed E-state index contributed by atoms with van der Waals surface area (Å²) in [4.78, 5) is 36.9. The molecule has 5 rings (SSSR count). The number of piperidine rings is 1. The van der Waals surface area contributed by atoms with Crippen LogP contribution in [-0.4, -0.2) is 68.0 Å². The van der Waals surface area contributed by atoms with E-state index >= 15 is 0 Å². The van der Waals surface area contributed by atoms with Gasteiger partial charge in [-0.25, -0.2) is 4.98 Å². The van der Waals surface area contributed by atoms with Crippen molar-refractivity contribution in [1.29, 1.82) is 0 Å². The largest absolute Gasteiger partial charge is 0.391 e. The first kappa shape index (κ1) is 16.7. The van der Waals surface area contributed by atoms with Gasteiger partial charge >= 0.3 is 0 Å². The van der Waals surface area contributed by atoms with Crippen molar-refractivity contribution < 1.29 is 14.7 Å². The van der Waals surface area contributed by atoms with E-state index in [-0.39, 0.29) is 35.1 Å². The zero-order valence-corrected chi connectivity index (χ0v) is 15.6. The van der Waals surface area contributed by atoms with Gasteiger partial charge < -0.3 is 19.9 Å². The van der Waals surface area contributed by atoms with E-state index < -0.39 is 6.10 Å². The van der Waals surface area contributed by atoms with Crippen molar-refractivity contribution in [3.8, 4) is 0 Å². The number of rotatable bonds is 2. The first-order chi connectivity index (χ1) is 12.9. The summed E-state index contributed by atoms with van der Waals surface area (Å²) in [5.74, 6) is 0.623. The van der Waals surface area contributed by atoms with E-state index in [2.05, 4.69) is 9.97 Å². The molecular weight excluding hydrogens is 344 g/mol. The maximum Gasteiger partial charge on any atom is 0.256 e. The minimum Gasteiger partial charge on any atom is -0.391 e. The van der Waals surface area contributed by atoms with E-state index in [0.717, 1.165) is 5.52 Å². The van der Waals surface area contributed by atoms with Gasteiger partial charge in [0.15, 0.2) is 0 Å². The van der Waals surface area contributed by atoms with E-state index in [1.54, 1.807) is 6.33 Å². The van der Waals surface area contributed by atoms with E-state index in [1.165, 1.54) is 0 Å². The Labute approximate surface area is 157 Å². The Morgan fingerprint density at radius 2 is 1.96 bits per heavy atom. The topological polar surface area (TPSA) is 89.5 Å². The molecule has 3 aliphatic rings. The number of carbonyl (C=O) groups excluding carboxylic acids is 2. The van der Waals surface area contributed by atoms with Gasteiger partial charge in [-0.3, -0.25) is 9.59 Å². The number of aromatic amines is 1. The highest BCUT2D eigenvalue weighted by Gasteiger charge is 2.62. The molecule has 1 saturated carbocycles. The lowest BCUT2D eigenvalue weighted by Gasteiger charge is -2.32. The van der Waals surface area contributed by atoms with Gasteiger partial charge in [0.05, 0.1) is 23.5 Å². The molecule has 2 saturated heterocycles. The average Bonchev–Trinajstić information content (AvgIpc) is 3.03. The summed E-state index contributed by atoms with van der Waals surface area (Å²) < 4.78 is 0. The lowest BCUT2D eigenvalue weighted by molar-refractivity contribution is -0.137. The van der Waals surface area contributed by atoms with Crippen LogP contribution in [0.5, 0.6) is 0 Å². The predicted octanol–water partition coefficient (Wildman–Crippen LogP) is 1.25. The second kappa shape index (κ2) is 5.55. The summed E-state index contributed by atoms with van der Waals surface area (Å²) in [7, 11) is 0. The number of hydrogen-bond donors (Lipinski definition) is 2. The molecule has 0 spiro atoms. The number of aliphatic hydroxyl groups is 1. The molecule has 7 nitrogen and oxygen atoms in total. The Kier molecular flexibility index (Phi) is 3.44. The monoisotopic (exact) mass is 368 g/mol. The molecule has 0 bridgehead atoms. The van der Waals surface area contributed by atoms with E-state index in [1.807, 2.05) is 41.8 Å². The van der Waals surface area contributed by atoms with Crippen LogP contribution in [0.4, 0.5) is 0 Å². The molecule has 1 aliphatic carbocycles. The Morgan fingerprint density at radius 3 is 2.63 bits per heavy atom. The molecule has 7 heteroatoms. The Morgan fingerprint density at radius 1 is 1.22 bits per heavy atom. The first-order valence-corrected chi connectivity index (χ1v) is 9.58. The predicted molar refractivity (Wildman–Crippen MR) is 98.9 cm³/mol. The molecule has 3 atom stereocenters. The Bertz CT molecular complexity index is 924. The summed E-state index contributed by atoms with van der Waals surface area (Å²) in [5, 5.41) is 9.94. The smallest absolute Gasteiger partial charge is 0.256 e. The minimum atomic E-state index is -0.435. The van der Waals surface area contributed by atoms with Crippen LogP contribution in [0.2, 0.25) is 0 Å². The van der Waals surface area contributed by atoms with Gasteiger partial charge in [0.1, 0.15) is 5.52 Å². The molecular formula is C20H24N4O3. The number of fused-ring (bicyclic) bond motifs is 2. The third kappa shape index (κ3) is 2.48. The van der Waals surface area contributed by atoms with Crippen LogP contribution in [0.1, 0.15) is 30.6 Å². The van der Waals surface area contributed by atoms with Crippen molar-refractivity contribution >= 4 is 22.8 Å². The maximum absolute atomic E-state index is 13.0. The van der Waals surface area contributed by atoms with E-state index in [4.69, 9.17) is 0 Å². The number of benzene rings is 1. The standard InChI is InChI=1S/C20H24N4O3/c1-20(2)6-11(25)7-24(20)19(27)16-13-8-23(9-14(13)16)18(26)12-4-3-5-15-17(12)22-10-21-15/h3-5,10-11,13-14,16,25H,6-9H2,1-2H3,(H,21,22). The zero-order chi connectivity index (χ0) is 18.9. The molecule has 27 heavy (non-hydrogen) atoms. The second-order valence-electron chi connectivity index (χ2n) is 8.79. The fourth-order valence-electron chi connectivity index (χ4n) is 5.14. The highest BCUT2D eigenvalue weighted by atomic mass is 16.3. The lowest BCUT2D eigenvalue weighted by atomic mass is 10.0. The van der Waals surface area contributed by atoms with Gasteiger partial charge in [-0.05, 0) is 44.2 Å². The van der Waals surface area contributed by atoms with Gasteiger partial charge in [-0.15, -0.1) is 0 Å². The number of nitrogens with one attached hydrogen (secondary N) is 1. The van der Waals surface area contributed by atoms with Crippen LogP contribution < -0.4 is 0 Å². The van der Waals surface area contributed by atoms with Gasteiger partial charge in [-0.2, -0.15) is 0 Å². The van der Waals surface area contributed by atoms with E-state index in [0.29, 0.717) is 37.1 Å². The van der Waals surface area contributed by atoms with Crippen molar-refractivity contribution in [2.45, 2.75) is 31.9 Å². The van der Waals surface area contributed by atoms with Crippen molar-refractivity contribution in [3.05, 3.63) is 30.1 Å². The van der Waals surface area contributed by atoms with Gasteiger partial charge in [0, 0.05) is 31.1 Å². The summed E-state index contributed by atoms with van der Waals surface area (Å²) in [6, 6.07) is 5.57. The zero-order valence-electron chi connectivity index (χ0n) is 15.6. The van der Waals surface area contributed by atoms with Gasteiger partial charge in [-0.1, -0.05) is 6.07 Å². The number of aliphatic hydroxyl groups excluding tert-OH is 1. The summed E-state index contributed by atoms with van der Waals surface area (Å²) in [6.07, 6.45) is 1.79. The van der Waals surface area contributed by atoms with Crippen LogP contribution in [0, 0.1) is 17.8 Å². The molecule has 2 amide bonds. The van der Waals surface area contributed by atoms with Crippen LogP contribution in [0.15, 0.2) is 24.5 Å². The van der Waals surface area contributed by atoms with Crippen molar-refractivity contribution in [2.75, 3.05) is 19.6 Å². The Hall–Kier alpha value is -2.41. The number of nitrogens with zero attached hydrogens (tertiary/aromatic N) is 3. The number of aromatic nitrogens is 2. The van der Waals surface area contributed by atoms with Crippen LogP contribution in [0.25, 0.3) is 11.0 Å². The van der Waals surface area contributed by atoms with Crippen molar-refractivity contribution in [2.24, 2.45) is 17.8 Å². The highest BCUT2D eigenvalue weighted by Crippen LogP contribution is 2.53. The summed E-state index contributed by atoms with van der Waals surface area (Å²) >= 11 is 0. The molecule has 1 aromatic carbocycles. The van der Waals surface area contributed by atoms with Crippen LogP contribution >= 0.6 is 0 Å². The average molecular weight is 368 g/mol. The summed E-state index contributed by atoms with van der Waals surface area (Å²) in [5.41, 5.74) is 1.87. The number of hydrogen-bond acceptors (Lipinski definition) is 4. The number of likely N-dealkylation sites (tertiary alicyclic amines) is 2. The fourth-order valence-corrected chi connectivity index (χ4v) is 5.14. The Balaban J connectivity index is 1.28. The summed E-state index contributed by atoms with van der Waals surface area (Å²) in [6.45, 7) is 5.69. The van der Waals surface area contributed by atoms with Crippen LogP contribution in [0.3, 0.4) is 0 Å². The molecule has 3 heterocycles. The van der Waals surface area contributed by atoms with Gasteiger partial charge in [0.2, 0.25) is 5.91 Å². The second-order valence-corrected chi connectivity index (χ2v) is 8.79. The number of H-pyrrole nitrogens is 1. The van der Waals surface area contributed by atoms with Crippen LogP contribution in [-0.2, 0) is 4.79 Å². The van der Waals surface area contributed by atoms with Crippen molar-refractivity contribution in [1.82, 2.24) is 19.8 Å². The number of imidazole rings is 1. The molecule has 142 valence electrons.